The third-order valence-corrected chi connectivity index (χ3v) is 2.77. The summed E-state index contributed by atoms with van der Waals surface area (Å²) in [5.74, 6) is 0. The Morgan fingerprint density at radius 1 is 1.14 bits per heavy atom. The van der Waals surface area contributed by atoms with E-state index < -0.39 is 0 Å². The van der Waals surface area contributed by atoms with Crippen LogP contribution in [0.3, 0.4) is 0 Å². The number of hydrogen-bond donors (Lipinski definition) is 0. The summed E-state index contributed by atoms with van der Waals surface area (Å²) < 4.78 is 0. The van der Waals surface area contributed by atoms with Crippen molar-refractivity contribution in [3.8, 4) is 0 Å². The van der Waals surface area contributed by atoms with Crippen molar-refractivity contribution >= 4 is 5.71 Å². The van der Waals surface area contributed by atoms with Gasteiger partial charge in [-0.3, -0.25) is 0 Å². The highest BCUT2D eigenvalue weighted by atomic mass is 16.6. The number of oxime groups is 1. The van der Waals surface area contributed by atoms with Gasteiger partial charge in [-0.1, -0.05) is 46.7 Å². The fraction of sp³-hybridized carbons (Fsp3) is 0.917. The van der Waals surface area contributed by atoms with Crippen molar-refractivity contribution < 1.29 is 4.84 Å². The van der Waals surface area contributed by atoms with Crippen LogP contribution in [0.2, 0.25) is 0 Å². The average molecular weight is 197 g/mol. The second-order valence-electron chi connectivity index (χ2n) is 6.29. The minimum atomic E-state index is 0.156. The molecule has 0 amide bonds. The summed E-state index contributed by atoms with van der Waals surface area (Å²) in [6, 6.07) is 0. The molecular weight excluding hydrogens is 174 g/mol. The van der Waals surface area contributed by atoms with E-state index in [0.29, 0.717) is 0 Å². The molecule has 82 valence electrons. The minimum Gasteiger partial charge on any atom is -0.392 e. The Labute approximate surface area is 87.7 Å². The summed E-state index contributed by atoms with van der Waals surface area (Å²) in [4.78, 5) is 5.57. The maximum Gasteiger partial charge on any atom is 0.132 e. The molecule has 2 nitrogen and oxygen atoms in total. The first-order chi connectivity index (χ1) is 6.21. The Kier molecular flexibility index (Phi) is 2.93. The van der Waals surface area contributed by atoms with E-state index in [1.807, 2.05) is 0 Å². The normalized spacial score (nSPS) is 24.1. The van der Waals surface area contributed by atoms with Gasteiger partial charge >= 0.3 is 0 Å². The van der Waals surface area contributed by atoms with E-state index in [1.54, 1.807) is 0 Å². The molecule has 1 aliphatic rings. The lowest BCUT2D eigenvalue weighted by atomic mass is 9.81. The Balaban J connectivity index is 2.65. The number of nitrogens with zero attached hydrogens (tertiary/aromatic N) is 1. The monoisotopic (exact) mass is 197 g/mol. The number of rotatable bonds is 0. The molecule has 0 aliphatic carbocycles. The van der Waals surface area contributed by atoms with E-state index in [9.17, 15) is 0 Å². The highest BCUT2D eigenvalue weighted by Crippen LogP contribution is 2.32. The SMILES string of the molecule is CC(C)(C)C1=NOC(C(C)(C)C)CC1. The molecule has 0 aromatic heterocycles. The molecule has 0 aromatic rings. The summed E-state index contributed by atoms with van der Waals surface area (Å²) in [6.07, 6.45) is 2.44. The van der Waals surface area contributed by atoms with Gasteiger partial charge in [0.05, 0.1) is 5.71 Å². The highest BCUT2D eigenvalue weighted by Gasteiger charge is 2.32. The molecule has 0 bridgehead atoms. The molecule has 0 radical (unpaired) electrons. The van der Waals surface area contributed by atoms with Crippen molar-refractivity contribution in [1.82, 2.24) is 0 Å². The molecule has 0 fully saturated rings. The van der Waals surface area contributed by atoms with Crippen molar-refractivity contribution in [2.75, 3.05) is 0 Å². The van der Waals surface area contributed by atoms with E-state index in [-0.39, 0.29) is 16.9 Å². The van der Waals surface area contributed by atoms with Gasteiger partial charge < -0.3 is 4.84 Å². The third-order valence-electron chi connectivity index (χ3n) is 2.77. The Bertz CT molecular complexity index is 230. The van der Waals surface area contributed by atoms with Crippen LogP contribution < -0.4 is 0 Å². The van der Waals surface area contributed by atoms with Gasteiger partial charge in [-0.25, -0.2) is 0 Å². The predicted octanol–water partition coefficient (Wildman–Crippen LogP) is 3.61. The van der Waals surface area contributed by atoms with Crippen LogP contribution in [0, 0.1) is 10.8 Å². The maximum absolute atomic E-state index is 5.57. The molecular formula is C12H23NO. The van der Waals surface area contributed by atoms with Crippen LogP contribution in [0.25, 0.3) is 0 Å². The van der Waals surface area contributed by atoms with Crippen molar-refractivity contribution in [2.45, 2.75) is 60.5 Å². The first kappa shape index (κ1) is 11.5. The smallest absolute Gasteiger partial charge is 0.132 e. The zero-order valence-corrected chi connectivity index (χ0v) is 10.3. The summed E-state index contributed by atoms with van der Waals surface area (Å²) in [6.45, 7) is 13.2. The standard InChI is InChI=1S/C12H23NO/c1-11(2,3)9-7-8-10(14-13-9)12(4,5)6/h10H,7-8H2,1-6H3. The molecule has 14 heavy (non-hydrogen) atoms. The first-order valence-electron chi connectivity index (χ1n) is 5.44. The van der Waals surface area contributed by atoms with Crippen LogP contribution in [-0.2, 0) is 4.84 Å². The highest BCUT2D eigenvalue weighted by molar-refractivity contribution is 5.89. The molecule has 0 saturated carbocycles. The van der Waals surface area contributed by atoms with Gasteiger partial charge in [-0.2, -0.15) is 0 Å². The van der Waals surface area contributed by atoms with E-state index in [1.165, 1.54) is 5.71 Å². The summed E-state index contributed by atoms with van der Waals surface area (Å²) in [7, 11) is 0. The molecule has 1 atom stereocenters. The van der Waals surface area contributed by atoms with E-state index in [2.05, 4.69) is 46.7 Å². The second kappa shape index (κ2) is 3.56. The first-order valence-corrected chi connectivity index (χ1v) is 5.44. The van der Waals surface area contributed by atoms with Crippen molar-refractivity contribution in [1.29, 1.82) is 0 Å². The van der Waals surface area contributed by atoms with Crippen LogP contribution in [0.5, 0.6) is 0 Å². The van der Waals surface area contributed by atoms with Crippen LogP contribution in [0.15, 0.2) is 5.16 Å². The van der Waals surface area contributed by atoms with Gasteiger partial charge in [0.2, 0.25) is 0 Å². The maximum atomic E-state index is 5.57. The largest absolute Gasteiger partial charge is 0.392 e. The summed E-state index contributed by atoms with van der Waals surface area (Å²) >= 11 is 0. The minimum absolute atomic E-state index is 0.156. The Morgan fingerprint density at radius 2 is 1.71 bits per heavy atom. The average Bonchev–Trinajstić information content (AvgIpc) is 2.01. The van der Waals surface area contributed by atoms with E-state index in [4.69, 9.17) is 4.84 Å². The molecule has 0 N–H and O–H groups in total. The molecule has 0 saturated heterocycles. The van der Waals surface area contributed by atoms with Crippen molar-refractivity contribution in [2.24, 2.45) is 16.0 Å². The Morgan fingerprint density at radius 3 is 2.00 bits per heavy atom. The fourth-order valence-corrected chi connectivity index (χ4v) is 1.60. The van der Waals surface area contributed by atoms with Gasteiger partial charge in [0.25, 0.3) is 0 Å². The molecule has 0 spiro atoms. The van der Waals surface area contributed by atoms with Gasteiger partial charge in [-0.15, -0.1) is 0 Å². The van der Waals surface area contributed by atoms with Crippen LogP contribution >= 0.6 is 0 Å². The van der Waals surface area contributed by atoms with Gasteiger partial charge in [0.15, 0.2) is 0 Å². The quantitative estimate of drug-likeness (QED) is 0.581. The molecule has 1 rings (SSSR count). The molecule has 1 aliphatic heterocycles. The Hall–Kier alpha value is -0.530. The summed E-state index contributed by atoms with van der Waals surface area (Å²) in [5, 5.41) is 4.27. The third kappa shape index (κ3) is 2.73. The second-order valence-corrected chi connectivity index (χ2v) is 6.29. The molecule has 0 aromatic carbocycles. The lowest BCUT2D eigenvalue weighted by Crippen LogP contribution is -2.34. The summed E-state index contributed by atoms with van der Waals surface area (Å²) in [5.41, 5.74) is 1.55. The lowest BCUT2D eigenvalue weighted by molar-refractivity contribution is -0.0294. The van der Waals surface area contributed by atoms with Crippen LogP contribution in [0.4, 0.5) is 0 Å². The van der Waals surface area contributed by atoms with E-state index in [0.717, 1.165) is 12.8 Å². The van der Waals surface area contributed by atoms with Crippen molar-refractivity contribution in [3.63, 3.8) is 0 Å². The lowest BCUT2D eigenvalue weighted by Gasteiger charge is -2.34. The molecule has 1 unspecified atom stereocenters. The van der Waals surface area contributed by atoms with Gasteiger partial charge in [0.1, 0.15) is 6.10 Å². The van der Waals surface area contributed by atoms with Crippen LogP contribution in [-0.4, -0.2) is 11.8 Å². The van der Waals surface area contributed by atoms with Gasteiger partial charge in [0, 0.05) is 10.8 Å². The van der Waals surface area contributed by atoms with Crippen LogP contribution in [0.1, 0.15) is 54.4 Å². The fourth-order valence-electron chi connectivity index (χ4n) is 1.60. The molecule has 2 heteroatoms. The number of hydrogen-bond acceptors (Lipinski definition) is 2. The molecule has 1 heterocycles. The zero-order chi connectivity index (χ0) is 11.0. The van der Waals surface area contributed by atoms with Gasteiger partial charge in [-0.05, 0) is 12.8 Å². The zero-order valence-electron chi connectivity index (χ0n) is 10.3. The predicted molar refractivity (Wildman–Crippen MR) is 60.5 cm³/mol. The van der Waals surface area contributed by atoms with E-state index >= 15 is 0 Å². The van der Waals surface area contributed by atoms with Crippen molar-refractivity contribution in [3.05, 3.63) is 0 Å². The topological polar surface area (TPSA) is 21.6 Å².